The third-order valence-corrected chi connectivity index (χ3v) is 5.41. The molecular formula is C19H17Cl2NO3S. The Morgan fingerprint density at radius 1 is 1.15 bits per heavy atom. The highest BCUT2D eigenvalue weighted by Crippen LogP contribution is 2.35. The highest BCUT2D eigenvalue weighted by molar-refractivity contribution is 8.18. The van der Waals surface area contributed by atoms with Crippen LogP contribution >= 0.6 is 35.0 Å². The van der Waals surface area contributed by atoms with Gasteiger partial charge >= 0.3 is 0 Å². The lowest BCUT2D eigenvalue weighted by atomic mass is 10.2. The summed E-state index contributed by atoms with van der Waals surface area (Å²) >= 11 is 13.0. The van der Waals surface area contributed by atoms with Crippen molar-refractivity contribution >= 4 is 52.2 Å². The summed E-state index contributed by atoms with van der Waals surface area (Å²) in [6.07, 6.45) is 4.44. The fourth-order valence-electron chi connectivity index (χ4n) is 2.61. The van der Waals surface area contributed by atoms with Crippen LogP contribution in [0.2, 0.25) is 10.0 Å². The number of amides is 2. The number of rotatable bonds is 6. The smallest absolute Gasteiger partial charge is 0.293 e. The second-order valence-electron chi connectivity index (χ2n) is 5.87. The van der Waals surface area contributed by atoms with Gasteiger partial charge in [0.05, 0.1) is 9.93 Å². The fourth-order valence-corrected chi connectivity index (χ4v) is 3.95. The van der Waals surface area contributed by atoms with Crippen molar-refractivity contribution in [3.63, 3.8) is 0 Å². The zero-order valence-corrected chi connectivity index (χ0v) is 16.5. The molecule has 0 unspecified atom stereocenters. The van der Waals surface area contributed by atoms with E-state index in [0.29, 0.717) is 38.6 Å². The van der Waals surface area contributed by atoms with Gasteiger partial charge in [-0.05, 0) is 48.5 Å². The van der Waals surface area contributed by atoms with Gasteiger partial charge in [-0.3, -0.25) is 14.5 Å². The second-order valence-corrected chi connectivity index (χ2v) is 7.70. The van der Waals surface area contributed by atoms with Crippen LogP contribution in [0.3, 0.4) is 0 Å². The lowest BCUT2D eigenvalue weighted by molar-refractivity contribution is -0.122. The van der Waals surface area contributed by atoms with Crippen LogP contribution in [0, 0.1) is 0 Å². The normalized spacial score (nSPS) is 16.1. The lowest BCUT2D eigenvalue weighted by Gasteiger charge is -2.11. The Morgan fingerprint density at radius 3 is 2.69 bits per heavy atom. The second kappa shape index (κ2) is 8.33. The summed E-state index contributed by atoms with van der Waals surface area (Å²) in [5, 5.41) is 0.793. The number of nitrogens with zero attached hydrogens (tertiary/aromatic N) is 1. The standard InChI is InChI=1S/C19H17Cl2NO3S/c1-2-3-4-9-22-18(23)17(26-19(22)24)11-13-6-8-16(25-13)14-7-5-12(20)10-15(14)21/h5-8,10-11H,2-4,9H2,1H3/b17-11-. The Bertz CT molecular complexity index is 875. The molecule has 0 bridgehead atoms. The Hall–Kier alpha value is -1.69. The van der Waals surface area contributed by atoms with Gasteiger partial charge in [0.2, 0.25) is 0 Å². The van der Waals surface area contributed by atoms with E-state index in [9.17, 15) is 9.59 Å². The molecule has 1 aromatic carbocycles. The molecule has 0 N–H and O–H groups in total. The van der Waals surface area contributed by atoms with Gasteiger partial charge < -0.3 is 4.42 Å². The van der Waals surface area contributed by atoms with Crippen LogP contribution in [0.15, 0.2) is 39.7 Å². The average molecular weight is 410 g/mol. The number of hydrogen-bond acceptors (Lipinski definition) is 4. The molecule has 2 heterocycles. The van der Waals surface area contributed by atoms with Gasteiger partial charge in [-0.25, -0.2) is 0 Å². The molecule has 26 heavy (non-hydrogen) atoms. The van der Waals surface area contributed by atoms with E-state index in [1.165, 1.54) is 4.90 Å². The van der Waals surface area contributed by atoms with Crippen LogP contribution in [0.5, 0.6) is 0 Å². The van der Waals surface area contributed by atoms with Crippen LogP contribution in [-0.2, 0) is 4.79 Å². The molecule has 7 heteroatoms. The van der Waals surface area contributed by atoms with Gasteiger partial charge in [0.15, 0.2) is 0 Å². The minimum Gasteiger partial charge on any atom is -0.457 e. The van der Waals surface area contributed by atoms with E-state index in [4.69, 9.17) is 27.6 Å². The molecule has 0 aliphatic carbocycles. The third kappa shape index (κ3) is 4.17. The van der Waals surface area contributed by atoms with Crippen molar-refractivity contribution in [2.45, 2.75) is 26.2 Å². The Kier molecular flexibility index (Phi) is 6.12. The van der Waals surface area contributed by atoms with Crippen molar-refractivity contribution < 1.29 is 14.0 Å². The summed E-state index contributed by atoms with van der Waals surface area (Å²) < 4.78 is 5.77. The predicted molar refractivity (Wildman–Crippen MR) is 106 cm³/mol. The summed E-state index contributed by atoms with van der Waals surface area (Å²) in [6, 6.07) is 8.65. The maximum absolute atomic E-state index is 12.4. The van der Waals surface area contributed by atoms with E-state index >= 15 is 0 Å². The Labute approximate surface area is 166 Å². The molecule has 1 aromatic heterocycles. The van der Waals surface area contributed by atoms with Crippen LogP contribution in [0.4, 0.5) is 4.79 Å². The van der Waals surface area contributed by atoms with Crippen molar-refractivity contribution in [3.8, 4) is 11.3 Å². The predicted octanol–water partition coefficient (Wildman–Crippen LogP) is 6.48. The third-order valence-electron chi connectivity index (χ3n) is 3.96. The molecule has 1 saturated heterocycles. The minimum atomic E-state index is -0.265. The van der Waals surface area contributed by atoms with Crippen LogP contribution < -0.4 is 0 Å². The zero-order valence-electron chi connectivity index (χ0n) is 14.1. The first-order chi connectivity index (χ1) is 12.5. The molecule has 1 aliphatic rings. The summed E-state index contributed by atoms with van der Waals surface area (Å²) in [5.74, 6) is 0.795. The largest absolute Gasteiger partial charge is 0.457 e. The molecule has 3 rings (SSSR count). The highest BCUT2D eigenvalue weighted by Gasteiger charge is 2.34. The van der Waals surface area contributed by atoms with Crippen LogP contribution in [-0.4, -0.2) is 22.6 Å². The van der Waals surface area contributed by atoms with Crippen molar-refractivity contribution in [1.29, 1.82) is 0 Å². The van der Waals surface area contributed by atoms with E-state index in [1.807, 2.05) is 0 Å². The number of halogens is 2. The van der Waals surface area contributed by atoms with E-state index in [0.717, 1.165) is 31.0 Å². The first kappa shape index (κ1) is 19.1. The van der Waals surface area contributed by atoms with Crippen molar-refractivity contribution in [2.24, 2.45) is 0 Å². The molecular weight excluding hydrogens is 393 g/mol. The fraction of sp³-hybridized carbons (Fsp3) is 0.263. The molecule has 136 valence electrons. The molecule has 4 nitrogen and oxygen atoms in total. The van der Waals surface area contributed by atoms with Gasteiger partial charge in [-0.15, -0.1) is 0 Å². The zero-order chi connectivity index (χ0) is 18.7. The molecule has 1 fully saturated rings. The summed E-state index contributed by atoms with van der Waals surface area (Å²) in [7, 11) is 0. The van der Waals surface area contributed by atoms with Crippen molar-refractivity contribution in [2.75, 3.05) is 6.54 Å². The molecule has 0 atom stereocenters. The molecule has 2 amide bonds. The number of furan rings is 1. The average Bonchev–Trinajstić information content (AvgIpc) is 3.15. The topological polar surface area (TPSA) is 50.5 Å². The van der Waals surface area contributed by atoms with Crippen molar-refractivity contribution in [1.82, 2.24) is 4.90 Å². The van der Waals surface area contributed by atoms with Gasteiger partial charge in [0, 0.05) is 23.2 Å². The molecule has 2 aromatic rings. The molecule has 0 radical (unpaired) electrons. The number of unbranched alkanes of at least 4 members (excludes halogenated alkanes) is 2. The van der Waals surface area contributed by atoms with E-state index in [1.54, 1.807) is 36.4 Å². The lowest BCUT2D eigenvalue weighted by Crippen LogP contribution is -2.29. The first-order valence-electron chi connectivity index (χ1n) is 8.30. The number of benzene rings is 1. The van der Waals surface area contributed by atoms with Gasteiger partial charge in [0.25, 0.3) is 11.1 Å². The monoisotopic (exact) mass is 409 g/mol. The number of thioether (sulfide) groups is 1. The highest BCUT2D eigenvalue weighted by atomic mass is 35.5. The maximum Gasteiger partial charge on any atom is 0.293 e. The van der Waals surface area contributed by atoms with Gasteiger partial charge in [0.1, 0.15) is 11.5 Å². The van der Waals surface area contributed by atoms with Crippen LogP contribution in [0.25, 0.3) is 17.4 Å². The number of carbonyl (C=O) groups excluding carboxylic acids is 2. The minimum absolute atomic E-state index is 0.232. The van der Waals surface area contributed by atoms with Crippen molar-refractivity contribution in [3.05, 3.63) is 51.0 Å². The van der Waals surface area contributed by atoms with Crippen LogP contribution in [0.1, 0.15) is 31.9 Å². The molecule has 0 spiro atoms. The van der Waals surface area contributed by atoms with E-state index in [2.05, 4.69) is 6.92 Å². The number of hydrogen-bond donors (Lipinski definition) is 0. The van der Waals surface area contributed by atoms with Gasteiger partial charge in [-0.1, -0.05) is 43.0 Å². The summed E-state index contributed by atoms with van der Waals surface area (Å²) in [4.78, 5) is 26.1. The number of imide groups is 1. The quantitative estimate of drug-likeness (QED) is 0.404. The number of carbonyl (C=O) groups is 2. The molecule has 0 saturated carbocycles. The Balaban J connectivity index is 1.78. The SMILES string of the molecule is CCCCCN1C(=O)S/C(=C\c2ccc(-c3ccc(Cl)cc3Cl)o2)C1=O. The van der Waals surface area contributed by atoms with E-state index < -0.39 is 0 Å². The Morgan fingerprint density at radius 2 is 1.96 bits per heavy atom. The van der Waals surface area contributed by atoms with E-state index in [-0.39, 0.29) is 11.1 Å². The first-order valence-corrected chi connectivity index (χ1v) is 9.87. The van der Waals surface area contributed by atoms with Gasteiger partial charge in [-0.2, -0.15) is 0 Å². The summed E-state index contributed by atoms with van der Waals surface area (Å²) in [6.45, 7) is 2.54. The maximum atomic E-state index is 12.4. The summed E-state index contributed by atoms with van der Waals surface area (Å²) in [5.41, 5.74) is 0.711. The molecule has 1 aliphatic heterocycles.